The Kier molecular flexibility index (Phi) is 5.13. The molecule has 2 atom stereocenters. The maximum Gasteiger partial charge on any atom is 0.223 e. The van der Waals surface area contributed by atoms with Gasteiger partial charge in [0.1, 0.15) is 0 Å². The molecule has 14 heavy (non-hydrogen) atoms. The zero-order valence-electron chi connectivity index (χ0n) is 9.92. The summed E-state index contributed by atoms with van der Waals surface area (Å²) in [7, 11) is 0. The van der Waals surface area contributed by atoms with Gasteiger partial charge in [-0.25, -0.2) is 0 Å². The standard InChI is InChI=1S/C11H23NO2/c1-6-7-8(2)10(14)12-11(4,5)9(3)13/h8-9,13H,6-7H2,1-5H3,(H,12,14). The Bertz CT molecular complexity index is 188. The van der Waals surface area contributed by atoms with Crippen LogP contribution in [0.25, 0.3) is 0 Å². The molecule has 0 bridgehead atoms. The number of carbonyl (C=O) groups is 1. The summed E-state index contributed by atoms with van der Waals surface area (Å²) in [6.45, 7) is 9.31. The molecule has 2 unspecified atom stereocenters. The van der Waals surface area contributed by atoms with Crippen molar-refractivity contribution in [1.82, 2.24) is 5.32 Å². The summed E-state index contributed by atoms with van der Waals surface area (Å²) in [5, 5.41) is 12.3. The second-order valence-corrected chi connectivity index (χ2v) is 4.58. The molecular formula is C11H23NO2. The largest absolute Gasteiger partial charge is 0.391 e. The van der Waals surface area contributed by atoms with Gasteiger partial charge in [-0.15, -0.1) is 0 Å². The van der Waals surface area contributed by atoms with Crippen LogP contribution in [-0.4, -0.2) is 22.7 Å². The number of amides is 1. The van der Waals surface area contributed by atoms with Gasteiger partial charge in [0.15, 0.2) is 0 Å². The first-order valence-corrected chi connectivity index (χ1v) is 5.31. The maximum absolute atomic E-state index is 11.6. The zero-order chi connectivity index (χ0) is 11.4. The van der Waals surface area contributed by atoms with Gasteiger partial charge in [0.25, 0.3) is 0 Å². The van der Waals surface area contributed by atoms with Crippen LogP contribution < -0.4 is 5.32 Å². The molecule has 3 heteroatoms. The first-order chi connectivity index (χ1) is 6.31. The van der Waals surface area contributed by atoms with Crippen molar-refractivity contribution >= 4 is 5.91 Å². The van der Waals surface area contributed by atoms with Crippen molar-refractivity contribution in [3.8, 4) is 0 Å². The summed E-state index contributed by atoms with van der Waals surface area (Å²) in [5.41, 5.74) is -0.543. The van der Waals surface area contributed by atoms with Gasteiger partial charge in [-0.05, 0) is 27.2 Å². The molecule has 0 rings (SSSR count). The van der Waals surface area contributed by atoms with Crippen molar-refractivity contribution in [3.05, 3.63) is 0 Å². The molecule has 0 aromatic carbocycles. The van der Waals surface area contributed by atoms with Gasteiger partial charge in [-0.1, -0.05) is 20.3 Å². The van der Waals surface area contributed by atoms with Crippen molar-refractivity contribution in [2.45, 2.75) is 59.1 Å². The second-order valence-electron chi connectivity index (χ2n) is 4.58. The van der Waals surface area contributed by atoms with E-state index in [1.54, 1.807) is 6.92 Å². The minimum atomic E-state index is -0.543. The van der Waals surface area contributed by atoms with Crippen LogP contribution in [0.2, 0.25) is 0 Å². The molecule has 84 valence electrons. The number of carbonyl (C=O) groups excluding carboxylic acids is 1. The van der Waals surface area contributed by atoms with E-state index >= 15 is 0 Å². The predicted octanol–water partition coefficient (Wildman–Crippen LogP) is 1.70. The van der Waals surface area contributed by atoms with Gasteiger partial charge in [0.2, 0.25) is 5.91 Å². The normalized spacial score (nSPS) is 16.1. The molecule has 2 N–H and O–H groups in total. The van der Waals surface area contributed by atoms with Crippen LogP contribution in [-0.2, 0) is 4.79 Å². The molecule has 0 saturated heterocycles. The van der Waals surface area contributed by atoms with Crippen LogP contribution >= 0.6 is 0 Å². The molecule has 1 amide bonds. The molecular weight excluding hydrogens is 178 g/mol. The fraction of sp³-hybridized carbons (Fsp3) is 0.909. The summed E-state index contributed by atoms with van der Waals surface area (Å²) in [4.78, 5) is 11.6. The van der Waals surface area contributed by atoms with Crippen LogP contribution in [0.1, 0.15) is 47.5 Å². The Morgan fingerprint density at radius 2 is 1.93 bits per heavy atom. The Morgan fingerprint density at radius 3 is 2.29 bits per heavy atom. The molecule has 0 aromatic rings. The van der Waals surface area contributed by atoms with Gasteiger partial charge < -0.3 is 10.4 Å². The van der Waals surface area contributed by atoms with E-state index in [1.807, 2.05) is 20.8 Å². The van der Waals surface area contributed by atoms with Crippen LogP contribution in [0.15, 0.2) is 0 Å². The van der Waals surface area contributed by atoms with Gasteiger partial charge >= 0.3 is 0 Å². The van der Waals surface area contributed by atoms with Gasteiger partial charge in [0.05, 0.1) is 11.6 Å². The van der Waals surface area contributed by atoms with E-state index < -0.39 is 11.6 Å². The van der Waals surface area contributed by atoms with E-state index in [4.69, 9.17) is 0 Å². The number of aliphatic hydroxyl groups is 1. The van der Waals surface area contributed by atoms with E-state index in [1.165, 1.54) is 0 Å². The second kappa shape index (κ2) is 5.35. The molecule has 0 saturated carbocycles. The van der Waals surface area contributed by atoms with Crippen molar-refractivity contribution < 1.29 is 9.90 Å². The summed E-state index contributed by atoms with van der Waals surface area (Å²) in [5.74, 6) is 0.0516. The molecule has 0 aliphatic heterocycles. The van der Waals surface area contributed by atoms with Crippen molar-refractivity contribution in [1.29, 1.82) is 0 Å². The number of hydrogen-bond acceptors (Lipinski definition) is 2. The predicted molar refractivity (Wildman–Crippen MR) is 58.0 cm³/mol. The summed E-state index contributed by atoms with van der Waals surface area (Å²) < 4.78 is 0. The lowest BCUT2D eigenvalue weighted by molar-refractivity contribution is -0.127. The topological polar surface area (TPSA) is 49.3 Å². The van der Waals surface area contributed by atoms with Crippen molar-refractivity contribution in [2.24, 2.45) is 5.92 Å². The highest BCUT2D eigenvalue weighted by molar-refractivity contribution is 5.79. The third-order valence-electron chi connectivity index (χ3n) is 2.66. The maximum atomic E-state index is 11.6. The lowest BCUT2D eigenvalue weighted by Gasteiger charge is -2.30. The molecule has 3 nitrogen and oxygen atoms in total. The van der Waals surface area contributed by atoms with Crippen LogP contribution in [0.5, 0.6) is 0 Å². The summed E-state index contributed by atoms with van der Waals surface area (Å²) in [6, 6.07) is 0. The molecule has 0 fully saturated rings. The number of hydrogen-bond donors (Lipinski definition) is 2. The molecule has 0 aliphatic rings. The van der Waals surface area contributed by atoms with Crippen LogP contribution in [0.3, 0.4) is 0 Å². The average molecular weight is 201 g/mol. The van der Waals surface area contributed by atoms with E-state index in [2.05, 4.69) is 12.2 Å². The minimum absolute atomic E-state index is 0.0257. The van der Waals surface area contributed by atoms with Crippen LogP contribution in [0, 0.1) is 5.92 Å². The first kappa shape index (κ1) is 13.4. The summed E-state index contributed by atoms with van der Waals surface area (Å²) in [6.07, 6.45) is 1.35. The number of aliphatic hydroxyl groups excluding tert-OH is 1. The first-order valence-electron chi connectivity index (χ1n) is 5.31. The molecule has 0 aliphatic carbocycles. The molecule has 0 heterocycles. The van der Waals surface area contributed by atoms with E-state index in [0.717, 1.165) is 12.8 Å². The van der Waals surface area contributed by atoms with E-state index in [9.17, 15) is 9.90 Å². The number of rotatable bonds is 5. The van der Waals surface area contributed by atoms with Gasteiger partial charge in [-0.2, -0.15) is 0 Å². The lowest BCUT2D eigenvalue weighted by atomic mass is 9.96. The highest BCUT2D eigenvalue weighted by Gasteiger charge is 2.27. The zero-order valence-corrected chi connectivity index (χ0v) is 9.92. The van der Waals surface area contributed by atoms with Crippen molar-refractivity contribution in [3.63, 3.8) is 0 Å². The minimum Gasteiger partial charge on any atom is -0.391 e. The van der Waals surface area contributed by atoms with Gasteiger partial charge in [0, 0.05) is 5.92 Å². The quantitative estimate of drug-likeness (QED) is 0.711. The smallest absolute Gasteiger partial charge is 0.223 e. The van der Waals surface area contributed by atoms with Crippen LogP contribution in [0.4, 0.5) is 0 Å². The van der Waals surface area contributed by atoms with E-state index in [-0.39, 0.29) is 11.8 Å². The Morgan fingerprint density at radius 1 is 1.43 bits per heavy atom. The number of nitrogens with one attached hydrogen (secondary N) is 1. The van der Waals surface area contributed by atoms with E-state index in [0.29, 0.717) is 0 Å². The third-order valence-corrected chi connectivity index (χ3v) is 2.66. The molecule has 0 spiro atoms. The molecule has 0 aromatic heterocycles. The Labute approximate surface area is 86.9 Å². The molecule has 0 radical (unpaired) electrons. The highest BCUT2D eigenvalue weighted by Crippen LogP contribution is 2.12. The highest BCUT2D eigenvalue weighted by atomic mass is 16.3. The van der Waals surface area contributed by atoms with Crippen molar-refractivity contribution in [2.75, 3.05) is 0 Å². The fourth-order valence-electron chi connectivity index (χ4n) is 1.11. The average Bonchev–Trinajstić information content (AvgIpc) is 2.03. The Hall–Kier alpha value is -0.570. The SMILES string of the molecule is CCCC(C)C(=O)NC(C)(C)C(C)O. The summed E-state index contributed by atoms with van der Waals surface area (Å²) >= 11 is 0. The third kappa shape index (κ3) is 4.09. The van der Waals surface area contributed by atoms with Gasteiger partial charge in [-0.3, -0.25) is 4.79 Å². The Balaban J connectivity index is 4.17. The monoisotopic (exact) mass is 201 g/mol. The lowest BCUT2D eigenvalue weighted by Crippen LogP contribution is -2.52. The fourth-order valence-corrected chi connectivity index (χ4v) is 1.11.